The van der Waals surface area contributed by atoms with Gasteiger partial charge in [-0.15, -0.1) is 0 Å². The van der Waals surface area contributed by atoms with Crippen molar-refractivity contribution >= 4 is 29.8 Å². The van der Waals surface area contributed by atoms with Gasteiger partial charge in [0.25, 0.3) is 0 Å². The van der Waals surface area contributed by atoms with Crippen molar-refractivity contribution in [3.63, 3.8) is 0 Å². The summed E-state index contributed by atoms with van der Waals surface area (Å²) in [4.78, 5) is 73.8. The van der Waals surface area contributed by atoms with Crippen LogP contribution in [-0.2, 0) is 33.2 Å². The van der Waals surface area contributed by atoms with E-state index in [2.05, 4.69) is 0 Å². The molecule has 0 amide bonds. The standard InChI is InChI=1S/C57H62O27/c1-63-30-17-25(18-31(64-2)41(30)69-7)52(58)83-50-46-37(81-57(78-16)51(50)84-53(59)26-19-32(65-3)42(70-8)33(20-26)66-4)24-79-55(61)27-22-36(80-40-29(54(60)77-15)23-35(68-6)44(72-10)49(40)76-14)45(73-11)48(75-13)38(27)39-28(56(62)82-46)21-34(67-5)43(71-9)47(39)74-12/h17-23,37,46,50-51,57H,24H2,1-16H3/t37-,46-,50+,51-,57+/m1/s1. The summed E-state index contributed by atoms with van der Waals surface area (Å²) < 4.78 is 128. The van der Waals surface area contributed by atoms with Gasteiger partial charge < -0.3 is 104 Å². The summed E-state index contributed by atoms with van der Waals surface area (Å²) in [5.41, 5.74) is -1.93. The number of hydrogen-bond donors (Lipinski definition) is 0. The molecule has 2 aliphatic rings. The number of hydrogen-bond acceptors (Lipinski definition) is 27. The Balaban J connectivity index is 1.50. The minimum absolute atomic E-state index is 0.0107. The van der Waals surface area contributed by atoms with Crippen LogP contribution in [0.3, 0.4) is 0 Å². The number of esters is 5. The molecule has 84 heavy (non-hydrogen) atoms. The van der Waals surface area contributed by atoms with Gasteiger partial charge in [0, 0.05) is 30.4 Å². The number of benzene rings is 5. The maximum Gasteiger partial charge on any atom is 0.341 e. The van der Waals surface area contributed by atoms with E-state index < -0.39 is 78.3 Å². The number of methoxy groups -OCH3 is 16. The summed E-state index contributed by atoms with van der Waals surface area (Å²) in [6.07, 6.45) is -9.04. The lowest BCUT2D eigenvalue weighted by Crippen LogP contribution is -2.63. The fourth-order valence-electron chi connectivity index (χ4n) is 9.47. The molecule has 0 aromatic heterocycles. The van der Waals surface area contributed by atoms with Gasteiger partial charge in [0.15, 0.2) is 82.1 Å². The first kappa shape index (κ1) is 62.0. The molecule has 0 saturated carbocycles. The van der Waals surface area contributed by atoms with E-state index in [1.807, 2.05) is 0 Å². The van der Waals surface area contributed by atoms with E-state index in [9.17, 15) is 14.4 Å². The zero-order valence-electron chi connectivity index (χ0n) is 48.7. The lowest BCUT2D eigenvalue weighted by atomic mass is 9.91. The number of carbonyl (C=O) groups excluding carboxylic acids is 5. The molecule has 0 N–H and O–H groups in total. The average molecular weight is 1180 g/mol. The van der Waals surface area contributed by atoms with Crippen molar-refractivity contribution in [3.05, 3.63) is 70.3 Å². The summed E-state index contributed by atoms with van der Waals surface area (Å²) in [6, 6.07) is 8.83. The minimum atomic E-state index is -1.93. The first-order valence-electron chi connectivity index (χ1n) is 24.8. The van der Waals surface area contributed by atoms with Crippen LogP contribution < -0.4 is 71.1 Å². The van der Waals surface area contributed by atoms with Crippen molar-refractivity contribution < 1.29 is 128 Å². The smallest absolute Gasteiger partial charge is 0.341 e. The molecule has 5 aromatic carbocycles. The highest BCUT2D eigenvalue weighted by Crippen LogP contribution is 2.57. The first-order chi connectivity index (χ1) is 40.5. The van der Waals surface area contributed by atoms with Crippen LogP contribution in [0.4, 0.5) is 0 Å². The molecule has 0 unspecified atom stereocenters. The maximum absolute atomic E-state index is 15.6. The molecule has 0 spiro atoms. The second kappa shape index (κ2) is 27.0. The normalized spacial score (nSPS) is 17.0. The van der Waals surface area contributed by atoms with Crippen LogP contribution in [0.1, 0.15) is 51.8 Å². The molecule has 0 aliphatic carbocycles. The molecular weight excluding hydrogens is 1120 g/mol. The van der Waals surface area contributed by atoms with E-state index in [1.54, 1.807) is 0 Å². The molecule has 452 valence electrons. The van der Waals surface area contributed by atoms with Gasteiger partial charge in [0.1, 0.15) is 18.3 Å². The molecule has 27 heteroatoms. The summed E-state index contributed by atoms with van der Waals surface area (Å²) >= 11 is 0. The fourth-order valence-corrected chi connectivity index (χ4v) is 9.47. The predicted molar refractivity (Wildman–Crippen MR) is 288 cm³/mol. The van der Waals surface area contributed by atoms with Crippen molar-refractivity contribution in [1.82, 2.24) is 0 Å². The number of rotatable bonds is 22. The monoisotopic (exact) mass is 1180 g/mol. The Kier molecular flexibility index (Phi) is 19.9. The Bertz CT molecular complexity index is 3250. The van der Waals surface area contributed by atoms with Gasteiger partial charge in [0.2, 0.25) is 34.5 Å². The lowest BCUT2D eigenvalue weighted by molar-refractivity contribution is -0.291. The van der Waals surface area contributed by atoms with E-state index in [0.29, 0.717) is 0 Å². The van der Waals surface area contributed by atoms with E-state index in [0.717, 1.165) is 13.2 Å². The molecule has 0 radical (unpaired) electrons. The zero-order chi connectivity index (χ0) is 61.3. The highest BCUT2D eigenvalue weighted by Gasteiger charge is 2.54. The summed E-state index contributed by atoms with van der Waals surface area (Å²) in [6.45, 7) is -0.831. The third kappa shape index (κ3) is 11.5. The first-order valence-corrected chi connectivity index (χ1v) is 24.8. The van der Waals surface area contributed by atoms with E-state index >= 15 is 9.59 Å². The number of carbonyl (C=O) groups is 5. The van der Waals surface area contributed by atoms with Crippen LogP contribution >= 0.6 is 0 Å². The lowest BCUT2D eigenvalue weighted by Gasteiger charge is -2.44. The van der Waals surface area contributed by atoms with E-state index in [1.165, 1.54) is 143 Å². The largest absolute Gasteiger partial charge is 0.493 e. The average Bonchev–Trinajstić information content (AvgIpc) is 1.78. The van der Waals surface area contributed by atoms with Crippen molar-refractivity contribution in [3.8, 4) is 103 Å². The number of fused-ring (bicyclic) bond motifs is 4. The molecule has 2 aliphatic heterocycles. The Hall–Kier alpha value is -9.63. The maximum atomic E-state index is 15.6. The van der Waals surface area contributed by atoms with Crippen molar-refractivity contribution in [2.45, 2.75) is 30.7 Å². The third-order valence-electron chi connectivity index (χ3n) is 13.3. The molecule has 1 fully saturated rings. The second-order valence-electron chi connectivity index (χ2n) is 17.4. The highest BCUT2D eigenvalue weighted by molar-refractivity contribution is 6.09. The summed E-state index contributed by atoms with van der Waals surface area (Å²) in [5, 5.41) is 0. The Morgan fingerprint density at radius 1 is 0.405 bits per heavy atom. The van der Waals surface area contributed by atoms with Crippen LogP contribution in [-0.4, -0.2) is 181 Å². The van der Waals surface area contributed by atoms with Gasteiger partial charge in [-0.1, -0.05) is 0 Å². The molecule has 7 rings (SSSR count). The van der Waals surface area contributed by atoms with Gasteiger partial charge in [-0.05, 0) is 30.3 Å². The molecular formula is C57H62O27. The van der Waals surface area contributed by atoms with Crippen molar-refractivity contribution in [2.24, 2.45) is 0 Å². The van der Waals surface area contributed by atoms with E-state index in [-0.39, 0.29) is 120 Å². The van der Waals surface area contributed by atoms with Crippen LogP contribution in [0.25, 0.3) is 11.1 Å². The molecule has 5 aromatic rings. The van der Waals surface area contributed by atoms with Gasteiger partial charge in [-0.25, -0.2) is 24.0 Å². The SMILES string of the molecule is COC(=O)c1cc(OC)c(OC)c(OC)c1Oc1cc2c(c(OC)c1OC)-c1c(cc(OC)c(OC)c1OC)C(=O)O[C@H]1[C@H](OC(=O)c3cc(OC)c(OC)c(OC)c3)[C@@H](OC(=O)c3cc(OC)c(OC)c(OC)c3)[C@@H](OC)O[C@@H]1COC2=O. The van der Waals surface area contributed by atoms with Crippen LogP contribution in [0.5, 0.6) is 92.0 Å². The fraction of sp³-hybridized carbons (Fsp3) is 0.386. The highest BCUT2D eigenvalue weighted by atomic mass is 16.7. The quantitative estimate of drug-likeness (QED) is 0.0523. The van der Waals surface area contributed by atoms with Gasteiger partial charge in [-0.2, -0.15) is 0 Å². The molecule has 5 atom stereocenters. The molecule has 1 saturated heterocycles. The summed E-state index contributed by atoms with van der Waals surface area (Å²) in [7, 11) is 20.6. The van der Waals surface area contributed by atoms with Crippen LogP contribution in [0, 0.1) is 0 Å². The topological polar surface area (TPSA) is 288 Å². The Morgan fingerprint density at radius 3 is 1.23 bits per heavy atom. The van der Waals surface area contributed by atoms with Crippen molar-refractivity contribution in [1.29, 1.82) is 0 Å². The summed E-state index contributed by atoms with van der Waals surface area (Å²) in [5.74, 6) is -6.76. The zero-order valence-corrected chi connectivity index (χ0v) is 48.7. The van der Waals surface area contributed by atoms with Gasteiger partial charge in [-0.3, -0.25) is 0 Å². The minimum Gasteiger partial charge on any atom is -0.493 e. The second-order valence-corrected chi connectivity index (χ2v) is 17.4. The number of ether oxygens (including phenoxy) is 22. The molecule has 27 nitrogen and oxygen atoms in total. The van der Waals surface area contributed by atoms with Crippen LogP contribution in [0.2, 0.25) is 0 Å². The van der Waals surface area contributed by atoms with Crippen molar-refractivity contribution in [2.75, 3.05) is 120 Å². The van der Waals surface area contributed by atoms with E-state index in [4.69, 9.17) is 104 Å². The van der Waals surface area contributed by atoms with Gasteiger partial charge >= 0.3 is 29.8 Å². The predicted octanol–water partition coefficient (Wildman–Crippen LogP) is 6.57. The van der Waals surface area contributed by atoms with Crippen LogP contribution in [0.15, 0.2) is 42.5 Å². The third-order valence-corrected chi connectivity index (χ3v) is 13.3. The Labute approximate surface area is 481 Å². The molecule has 2 heterocycles. The molecule has 0 bridgehead atoms. The Morgan fingerprint density at radius 2 is 0.798 bits per heavy atom. The number of cyclic esters (lactones) is 1. The van der Waals surface area contributed by atoms with Gasteiger partial charge in [0.05, 0.1) is 129 Å².